The summed E-state index contributed by atoms with van der Waals surface area (Å²) in [4.78, 5) is 11.8. The monoisotopic (exact) mass is 349 g/mol. The van der Waals surface area contributed by atoms with E-state index in [1.807, 2.05) is 26.8 Å². The summed E-state index contributed by atoms with van der Waals surface area (Å²) in [5.74, 6) is 1.10. The maximum absolute atomic E-state index is 11.8. The molecule has 24 heavy (non-hydrogen) atoms. The van der Waals surface area contributed by atoms with Crippen molar-refractivity contribution in [3.63, 3.8) is 0 Å². The van der Waals surface area contributed by atoms with Gasteiger partial charge in [0.15, 0.2) is 0 Å². The summed E-state index contributed by atoms with van der Waals surface area (Å²) in [7, 11) is 0. The molecule has 7 heteroatoms. The smallest absolute Gasteiger partial charge is 0.408 e. The molecule has 0 radical (unpaired) electrons. The number of nitrogens with one attached hydrogen (secondary N) is 1. The highest BCUT2D eigenvalue weighted by Gasteiger charge is 2.21. The first-order chi connectivity index (χ1) is 11.2. The van der Waals surface area contributed by atoms with Crippen LogP contribution in [0.3, 0.4) is 0 Å². The minimum atomic E-state index is -0.548. The molecule has 0 aliphatic heterocycles. The van der Waals surface area contributed by atoms with Gasteiger partial charge in [-0.2, -0.15) is 0 Å². The lowest BCUT2D eigenvalue weighted by Crippen LogP contribution is -2.34. The molecule has 0 aliphatic carbocycles. The van der Waals surface area contributed by atoms with Crippen LogP contribution in [0.2, 0.25) is 0 Å². The van der Waals surface area contributed by atoms with Crippen LogP contribution in [-0.4, -0.2) is 21.9 Å². The molecule has 0 aliphatic rings. The average Bonchev–Trinajstić information content (AvgIpc) is 2.92. The molecule has 2 rings (SSSR count). The fraction of sp³-hybridized carbons (Fsp3) is 0.471. The maximum atomic E-state index is 11.8. The Labute approximate surface area is 146 Å². The van der Waals surface area contributed by atoms with E-state index in [0.29, 0.717) is 11.1 Å². The van der Waals surface area contributed by atoms with Gasteiger partial charge in [-0.15, -0.1) is 10.2 Å². The van der Waals surface area contributed by atoms with Crippen molar-refractivity contribution in [1.29, 1.82) is 0 Å². The Morgan fingerprint density at radius 2 is 2.12 bits per heavy atom. The molecule has 0 bridgehead atoms. The van der Waals surface area contributed by atoms with Crippen molar-refractivity contribution in [2.45, 2.75) is 57.2 Å². The number of benzene rings is 1. The van der Waals surface area contributed by atoms with Crippen LogP contribution in [0.25, 0.3) is 0 Å². The number of alkyl carbamates (subject to hydrolysis) is 1. The predicted octanol–water partition coefficient (Wildman–Crippen LogP) is 4.26. The molecule has 6 nitrogen and oxygen atoms in total. The van der Waals surface area contributed by atoms with Gasteiger partial charge in [0.2, 0.25) is 5.89 Å². The van der Waals surface area contributed by atoms with Gasteiger partial charge < -0.3 is 14.5 Å². The highest BCUT2D eigenvalue weighted by atomic mass is 32.2. The lowest BCUT2D eigenvalue weighted by atomic mass is 10.2. The summed E-state index contributed by atoms with van der Waals surface area (Å²) < 4.78 is 10.8. The second kappa shape index (κ2) is 7.70. The number of thioether (sulfide) groups is 1. The quantitative estimate of drug-likeness (QED) is 0.813. The van der Waals surface area contributed by atoms with Crippen LogP contribution in [0.1, 0.15) is 50.8 Å². The van der Waals surface area contributed by atoms with E-state index in [9.17, 15) is 4.79 Å². The van der Waals surface area contributed by atoms with Gasteiger partial charge in [-0.3, -0.25) is 0 Å². The van der Waals surface area contributed by atoms with E-state index in [1.165, 1.54) is 22.9 Å². The summed E-state index contributed by atoms with van der Waals surface area (Å²) in [5, 5.41) is 11.2. The molecule has 0 saturated carbocycles. The fourth-order valence-corrected chi connectivity index (χ4v) is 2.66. The Morgan fingerprint density at radius 3 is 2.79 bits per heavy atom. The first kappa shape index (κ1) is 18.3. The number of ether oxygens (including phenoxy) is 1. The van der Waals surface area contributed by atoms with Gasteiger partial charge >= 0.3 is 6.09 Å². The first-order valence-electron chi connectivity index (χ1n) is 7.74. The Balaban J connectivity index is 1.89. The lowest BCUT2D eigenvalue weighted by Gasteiger charge is -2.20. The average molecular weight is 349 g/mol. The van der Waals surface area contributed by atoms with Crippen molar-refractivity contribution in [3.8, 4) is 0 Å². The van der Waals surface area contributed by atoms with Gasteiger partial charge in [0.25, 0.3) is 5.22 Å². The van der Waals surface area contributed by atoms with E-state index in [0.717, 1.165) is 5.75 Å². The summed E-state index contributed by atoms with van der Waals surface area (Å²) in [6.45, 7) is 9.26. The minimum absolute atomic E-state index is 0.354. The number of rotatable bonds is 5. The molecule has 0 spiro atoms. The molecule has 0 fully saturated rings. The van der Waals surface area contributed by atoms with E-state index < -0.39 is 17.7 Å². The van der Waals surface area contributed by atoms with Crippen molar-refractivity contribution in [3.05, 3.63) is 41.3 Å². The number of nitrogens with zero attached hydrogens (tertiary/aromatic N) is 2. The Morgan fingerprint density at radius 1 is 1.38 bits per heavy atom. The molecule has 1 atom stereocenters. The number of amides is 1. The van der Waals surface area contributed by atoms with Gasteiger partial charge in [0.1, 0.15) is 11.6 Å². The second-order valence-electron chi connectivity index (χ2n) is 6.55. The van der Waals surface area contributed by atoms with Crippen LogP contribution in [0, 0.1) is 6.92 Å². The second-order valence-corrected chi connectivity index (χ2v) is 7.48. The molecule has 1 heterocycles. The van der Waals surface area contributed by atoms with Crippen LogP contribution in [0.15, 0.2) is 33.9 Å². The molecule has 130 valence electrons. The molecule has 1 amide bonds. The number of carbonyl (C=O) groups is 1. The summed E-state index contributed by atoms with van der Waals surface area (Å²) in [6.07, 6.45) is -0.512. The van der Waals surface area contributed by atoms with Gasteiger partial charge in [-0.25, -0.2) is 4.79 Å². The van der Waals surface area contributed by atoms with Gasteiger partial charge in [0.05, 0.1) is 0 Å². The van der Waals surface area contributed by atoms with Gasteiger partial charge in [0, 0.05) is 5.75 Å². The zero-order chi connectivity index (χ0) is 17.7. The fourth-order valence-electron chi connectivity index (χ4n) is 1.95. The van der Waals surface area contributed by atoms with E-state index in [1.54, 1.807) is 6.92 Å². The standard InChI is InChI=1S/C17H23N3O3S/c1-11-7-6-8-13(9-11)10-24-16-20-19-14(22-16)12(2)18-15(21)23-17(3,4)5/h6-9,12H,10H2,1-5H3,(H,18,21)/t12-/m1/s1. The van der Waals surface area contributed by atoms with Gasteiger partial charge in [-0.05, 0) is 40.2 Å². The van der Waals surface area contributed by atoms with Crippen molar-refractivity contribution in [2.24, 2.45) is 0 Å². The highest BCUT2D eigenvalue weighted by Crippen LogP contribution is 2.23. The van der Waals surface area contributed by atoms with Crippen LogP contribution < -0.4 is 5.32 Å². The van der Waals surface area contributed by atoms with Crippen molar-refractivity contribution >= 4 is 17.9 Å². The number of hydrogen-bond acceptors (Lipinski definition) is 6. The minimum Gasteiger partial charge on any atom is -0.444 e. The third-order valence-electron chi connectivity index (χ3n) is 2.97. The molecule has 0 saturated heterocycles. The van der Waals surface area contributed by atoms with Crippen LogP contribution in [0.5, 0.6) is 0 Å². The summed E-state index contributed by atoms with van der Waals surface area (Å²) in [6, 6.07) is 7.85. The SMILES string of the molecule is Cc1cccc(CSc2nnc([C@@H](C)NC(=O)OC(C)(C)C)o2)c1. The number of hydrogen-bond donors (Lipinski definition) is 1. The first-order valence-corrected chi connectivity index (χ1v) is 8.73. The van der Waals surface area contributed by atoms with Gasteiger partial charge in [-0.1, -0.05) is 41.6 Å². The Hall–Kier alpha value is -2.02. The van der Waals surface area contributed by atoms with Crippen molar-refractivity contribution < 1.29 is 13.9 Å². The Kier molecular flexibility index (Phi) is 5.88. The third-order valence-corrected chi connectivity index (χ3v) is 3.86. The molecular weight excluding hydrogens is 326 g/mol. The largest absolute Gasteiger partial charge is 0.444 e. The summed E-state index contributed by atoms with van der Waals surface area (Å²) in [5.41, 5.74) is 1.86. The van der Waals surface area contributed by atoms with Crippen LogP contribution in [-0.2, 0) is 10.5 Å². The molecular formula is C17H23N3O3S. The van der Waals surface area contributed by atoms with Crippen LogP contribution >= 0.6 is 11.8 Å². The molecule has 1 aromatic heterocycles. The Bertz CT molecular complexity index is 694. The molecule has 2 aromatic rings. The van der Waals surface area contributed by atoms with E-state index in [-0.39, 0.29) is 0 Å². The van der Waals surface area contributed by atoms with Crippen molar-refractivity contribution in [1.82, 2.24) is 15.5 Å². The zero-order valence-electron chi connectivity index (χ0n) is 14.6. The third kappa shape index (κ3) is 5.88. The van der Waals surface area contributed by atoms with Crippen LogP contribution in [0.4, 0.5) is 4.79 Å². The van der Waals surface area contributed by atoms with E-state index in [4.69, 9.17) is 9.15 Å². The number of aryl methyl sites for hydroxylation is 1. The lowest BCUT2D eigenvalue weighted by molar-refractivity contribution is 0.0500. The maximum Gasteiger partial charge on any atom is 0.408 e. The summed E-state index contributed by atoms with van der Waals surface area (Å²) >= 11 is 1.47. The van der Waals surface area contributed by atoms with Crippen molar-refractivity contribution in [2.75, 3.05) is 0 Å². The molecule has 1 N–H and O–H groups in total. The van der Waals surface area contributed by atoms with E-state index >= 15 is 0 Å². The normalized spacial score (nSPS) is 12.7. The number of aromatic nitrogens is 2. The zero-order valence-corrected chi connectivity index (χ0v) is 15.4. The number of carbonyl (C=O) groups excluding carboxylic acids is 1. The van der Waals surface area contributed by atoms with E-state index in [2.05, 4.69) is 40.6 Å². The molecule has 1 aromatic carbocycles. The molecule has 0 unspecified atom stereocenters. The topological polar surface area (TPSA) is 77.2 Å². The predicted molar refractivity (Wildman–Crippen MR) is 92.8 cm³/mol. The highest BCUT2D eigenvalue weighted by molar-refractivity contribution is 7.98.